The molecular formula is C17H27N3. The molecule has 2 fully saturated rings. The summed E-state index contributed by atoms with van der Waals surface area (Å²) in [6.45, 7) is 10.3. The Morgan fingerprint density at radius 3 is 2.95 bits per heavy atom. The van der Waals surface area contributed by atoms with Crippen LogP contribution in [0.2, 0.25) is 0 Å². The van der Waals surface area contributed by atoms with E-state index in [1.165, 1.54) is 43.7 Å². The second kappa shape index (κ2) is 6.15. The van der Waals surface area contributed by atoms with Crippen LogP contribution in [-0.2, 0) is 6.54 Å². The van der Waals surface area contributed by atoms with E-state index >= 15 is 0 Å². The summed E-state index contributed by atoms with van der Waals surface area (Å²) in [4.78, 5) is 5.33. The van der Waals surface area contributed by atoms with Crippen LogP contribution in [0.1, 0.15) is 32.3 Å². The van der Waals surface area contributed by atoms with Crippen LogP contribution in [0.15, 0.2) is 24.3 Å². The summed E-state index contributed by atoms with van der Waals surface area (Å²) < 4.78 is 0. The molecule has 3 heteroatoms. The highest BCUT2D eigenvalue weighted by Gasteiger charge is 2.34. The fraction of sp³-hybridized carbons (Fsp3) is 0.647. The molecule has 2 unspecified atom stereocenters. The number of nitrogens with one attached hydrogen (secondary N) is 1. The molecule has 3 nitrogen and oxygen atoms in total. The molecule has 0 bridgehead atoms. The second-order valence-corrected chi connectivity index (χ2v) is 6.20. The number of rotatable bonds is 4. The van der Waals surface area contributed by atoms with Crippen LogP contribution in [-0.4, -0.2) is 43.2 Å². The van der Waals surface area contributed by atoms with E-state index in [9.17, 15) is 0 Å². The van der Waals surface area contributed by atoms with E-state index in [2.05, 4.69) is 53.2 Å². The predicted molar refractivity (Wildman–Crippen MR) is 85.2 cm³/mol. The fourth-order valence-electron chi connectivity index (χ4n) is 3.72. The Kier molecular flexibility index (Phi) is 4.27. The molecule has 2 saturated heterocycles. The van der Waals surface area contributed by atoms with Gasteiger partial charge >= 0.3 is 0 Å². The maximum absolute atomic E-state index is 3.47. The first kappa shape index (κ1) is 13.9. The summed E-state index contributed by atoms with van der Waals surface area (Å²) >= 11 is 0. The molecule has 20 heavy (non-hydrogen) atoms. The number of piperazine rings is 1. The van der Waals surface area contributed by atoms with Crippen molar-refractivity contribution in [3.63, 3.8) is 0 Å². The third-order valence-corrected chi connectivity index (χ3v) is 4.80. The molecule has 1 aromatic rings. The quantitative estimate of drug-likeness (QED) is 0.909. The van der Waals surface area contributed by atoms with Crippen LogP contribution in [0.5, 0.6) is 0 Å². The lowest BCUT2D eigenvalue weighted by Gasteiger charge is -2.44. The number of hydrogen-bond acceptors (Lipinski definition) is 3. The molecule has 1 aromatic carbocycles. The molecule has 0 radical (unpaired) electrons. The largest absolute Gasteiger partial charge is 0.366 e. The van der Waals surface area contributed by atoms with Gasteiger partial charge in [-0.05, 0) is 44.5 Å². The zero-order chi connectivity index (χ0) is 13.9. The number of nitrogens with zero attached hydrogens (tertiary/aromatic N) is 2. The van der Waals surface area contributed by atoms with E-state index in [1.807, 2.05) is 0 Å². The summed E-state index contributed by atoms with van der Waals surface area (Å²) in [5, 5.41) is 3.47. The van der Waals surface area contributed by atoms with E-state index < -0.39 is 0 Å². The third-order valence-electron chi connectivity index (χ3n) is 4.80. The summed E-state index contributed by atoms with van der Waals surface area (Å²) in [6, 6.07) is 10.3. The molecule has 0 amide bonds. The summed E-state index contributed by atoms with van der Waals surface area (Å²) in [5.74, 6) is 0. The van der Waals surface area contributed by atoms with Gasteiger partial charge in [-0.3, -0.25) is 4.90 Å². The Labute approximate surface area is 123 Å². The lowest BCUT2D eigenvalue weighted by Crippen LogP contribution is -2.55. The smallest absolute Gasteiger partial charge is 0.0415 e. The monoisotopic (exact) mass is 273 g/mol. The zero-order valence-electron chi connectivity index (χ0n) is 12.8. The Hall–Kier alpha value is -1.06. The Morgan fingerprint density at radius 2 is 2.10 bits per heavy atom. The van der Waals surface area contributed by atoms with E-state index in [1.54, 1.807) is 0 Å². The maximum Gasteiger partial charge on any atom is 0.0415 e. The van der Waals surface area contributed by atoms with Crippen LogP contribution in [0.25, 0.3) is 0 Å². The molecule has 0 aliphatic carbocycles. The minimum Gasteiger partial charge on any atom is -0.366 e. The molecule has 2 aliphatic rings. The Morgan fingerprint density at radius 1 is 1.25 bits per heavy atom. The predicted octanol–water partition coefficient (Wildman–Crippen LogP) is 2.47. The number of benzene rings is 1. The molecule has 0 aromatic heterocycles. The maximum atomic E-state index is 3.47. The first-order valence-electron chi connectivity index (χ1n) is 8.09. The normalized spacial score (nSPS) is 26.8. The van der Waals surface area contributed by atoms with E-state index in [0.717, 1.165) is 19.1 Å². The molecule has 3 rings (SSSR count). The van der Waals surface area contributed by atoms with E-state index in [-0.39, 0.29) is 0 Å². The van der Waals surface area contributed by atoms with Gasteiger partial charge in [0, 0.05) is 37.4 Å². The molecule has 2 atom stereocenters. The van der Waals surface area contributed by atoms with Crippen molar-refractivity contribution in [3.8, 4) is 0 Å². The average molecular weight is 273 g/mol. The van der Waals surface area contributed by atoms with Gasteiger partial charge in [-0.25, -0.2) is 0 Å². The Bertz CT molecular complexity index is 446. The summed E-state index contributed by atoms with van der Waals surface area (Å²) in [6.07, 6.45) is 2.75. The van der Waals surface area contributed by atoms with Gasteiger partial charge in [-0.15, -0.1) is 0 Å². The highest BCUT2D eigenvalue weighted by molar-refractivity contribution is 5.55. The zero-order valence-corrected chi connectivity index (χ0v) is 12.8. The average Bonchev–Trinajstić information content (AvgIpc) is 2.91. The van der Waals surface area contributed by atoms with E-state index in [4.69, 9.17) is 0 Å². The fourth-order valence-corrected chi connectivity index (χ4v) is 3.72. The summed E-state index contributed by atoms with van der Waals surface area (Å²) in [5.41, 5.74) is 2.88. The van der Waals surface area contributed by atoms with Crippen LogP contribution in [0.3, 0.4) is 0 Å². The molecule has 2 heterocycles. The number of para-hydroxylation sites is 1. The minimum absolute atomic E-state index is 0.618. The molecule has 110 valence electrons. The first-order chi connectivity index (χ1) is 9.79. The van der Waals surface area contributed by atoms with Gasteiger partial charge in [0.15, 0.2) is 0 Å². The second-order valence-electron chi connectivity index (χ2n) is 6.20. The summed E-state index contributed by atoms with van der Waals surface area (Å²) in [7, 11) is 0. The van der Waals surface area contributed by atoms with Crippen LogP contribution in [0.4, 0.5) is 5.69 Å². The molecule has 0 spiro atoms. The van der Waals surface area contributed by atoms with Gasteiger partial charge in [-0.1, -0.05) is 25.1 Å². The van der Waals surface area contributed by atoms with Gasteiger partial charge in [0.1, 0.15) is 0 Å². The van der Waals surface area contributed by atoms with Crippen molar-refractivity contribution in [2.45, 2.75) is 45.3 Å². The lowest BCUT2D eigenvalue weighted by atomic mass is 10.0. The molecule has 1 N–H and O–H groups in total. The molecule has 0 saturated carbocycles. The number of hydrogen-bond donors (Lipinski definition) is 1. The minimum atomic E-state index is 0.618. The highest BCUT2D eigenvalue weighted by atomic mass is 15.3. The van der Waals surface area contributed by atoms with Crippen molar-refractivity contribution < 1.29 is 0 Å². The van der Waals surface area contributed by atoms with Crippen LogP contribution >= 0.6 is 0 Å². The standard InChI is InChI=1S/C17H27N3/c1-3-18-11-15-7-4-5-9-17(15)20-13-16-8-6-10-19(16)12-14(20)2/h4-5,7,9,14,16,18H,3,6,8,10-13H2,1-2H3. The van der Waals surface area contributed by atoms with Gasteiger partial charge < -0.3 is 10.2 Å². The van der Waals surface area contributed by atoms with Gasteiger partial charge in [0.2, 0.25) is 0 Å². The van der Waals surface area contributed by atoms with Crippen molar-refractivity contribution in [1.29, 1.82) is 0 Å². The number of fused-ring (bicyclic) bond motifs is 1. The van der Waals surface area contributed by atoms with Crippen molar-refractivity contribution in [2.24, 2.45) is 0 Å². The van der Waals surface area contributed by atoms with Gasteiger partial charge in [-0.2, -0.15) is 0 Å². The first-order valence-corrected chi connectivity index (χ1v) is 8.09. The van der Waals surface area contributed by atoms with Crippen LogP contribution in [0, 0.1) is 0 Å². The van der Waals surface area contributed by atoms with Gasteiger partial charge in [0.25, 0.3) is 0 Å². The van der Waals surface area contributed by atoms with Crippen molar-refractivity contribution in [2.75, 3.05) is 31.1 Å². The van der Waals surface area contributed by atoms with Crippen molar-refractivity contribution >= 4 is 5.69 Å². The highest BCUT2D eigenvalue weighted by Crippen LogP contribution is 2.30. The topological polar surface area (TPSA) is 18.5 Å². The van der Waals surface area contributed by atoms with Gasteiger partial charge in [0.05, 0.1) is 0 Å². The SMILES string of the molecule is CCNCc1ccccc1N1CC2CCCN2CC1C. The lowest BCUT2D eigenvalue weighted by molar-refractivity contribution is 0.203. The van der Waals surface area contributed by atoms with E-state index in [0.29, 0.717) is 6.04 Å². The molecular weight excluding hydrogens is 246 g/mol. The molecule has 2 aliphatic heterocycles. The van der Waals surface area contributed by atoms with Crippen molar-refractivity contribution in [3.05, 3.63) is 29.8 Å². The van der Waals surface area contributed by atoms with Crippen LogP contribution < -0.4 is 10.2 Å². The number of anilines is 1. The Balaban J connectivity index is 1.80. The third kappa shape index (κ3) is 2.70. The van der Waals surface area contributed by atoms with Crippen molar-refractivity contribution in [1.82, 2.24) is 10.2 Å².